The molecule has 1 aliphatic rings. The molecule has 126 valence electrons. The first kappa shape index (κ1) is 15.2. The van der Waals surface area contributed by atoms with Gasteiger partial charge in [-0.05, 0) is 37.1 Å². The van der Waals surface area contributed by atoms with E-state index < -0.39 is 10.3 Å². The van der Waals surface area contributed by atoms with Crippen LogP contribution in [-0.2, 0) is 10.3 Å². The lowest BCUT2D eigenvalue weighted by Crippen LogP contribution is -2.38. The van der Waals surface area contributed by atoms with E-state index in [0.717, 1.165) is 30.5 Å². The largest absolute Gasteiger partial charge is 0.432 e. The lowest BCUT2D eigenvalue weighted by atomic mass is 10.2. The van der Waals surface area contributed by atoms with Crippen LogP contribution in [0.2, 0.25) is 0 Å². The molecule has 0 N–H and O–H groups in total. The van der Waals surface area contributed by atoms with Crippen molar-refractivity contribution in [3.63, 3.8) is 0 Å². The molecule has 4 rings (SSSR count). The molecule has 24 heavy (non-hydrogen) atoms. The number of imidazole rings is 1. The summed E-state index contributed by atoms with van der Waals surface area (Å²) in [7, 11) is -3.73. The van der Waals surface area contributed by atoms with Gasteiger partial charge in [0, 0.05) is 31.0 Å². The van der Waals surface area contributed by atoms with Gasteiger partial charge < -0.3 is 8.60 Å². The Morgan fingerprint density at radius 2 is 1.83 bits per heavy atom. The van der Waals surface area contributed by atoms with Crippen LogP contribution < -0.4 is 4.18 Å². The smallest absolute Gasteiger partial charge is 0.385 e. The minimum atomic E-state index is -3.73. The number of benzene rings is 1. The Labute approximate surface area is 139 Å². The van der Waals surface area contributed by atoms with E-state index in [1.165, 1.54) is 4.31 Å². The van der Waals surface area contributed by atoms with Crippen LogP contribution in [0.1, 0.15) is 19.3 Å². The summed E-state index contributed by atoms with van der Waals surface area (Å²) in [5.41, 5.74) is 1.61. The molecule has 0 radical (unpaired) electrons. The average Bonchev–Trinajstić information content (AvgIpc) is 3.18. The Morgan fingerprint density at radius 3 is 2.54 bits per heavy atom. The van der Waals surface area contributed by atoms with Gasteiger partial charge in [-0.25, -0.2) is 0 Å². The zero-order chi connectivity index (χ0) is 16.6. The molecule has 1 aromatic carbocycles. The summed E-state index contributed by atoms with van der Waals surface area (Å²) >= 11 is 0. The van der Waals surface area contributed by atoms with Gasteiger partial charge in [0.2, 0.25) is 0 Å². The van der Waals surface area contributed by atoms with Crippen LogP contribution in [0, 0.1) is 0 Å². The van der Waals surface area contributed by atoms with Crippen molar-refractivity contribution in [2.45, 2.75) is 19.3 Å². The van der Waals surface area contributed by atoms with Crippen LogP contribution in [0.25, 0.3) is 17.1 Å². The molecule has 1 saturated heterocycles. The maximum Gasteiger partial charge on any atom is 0.385 e. The molecule has 1 fully saturated rings. The first-order valence-electron chi connectivity index (χ1n) is 7.84. The molecule has 3 heterocycles. The van der Waals surface area contributed by atoms with Crippen molar-refractivity contribution in [2.24, 2.45) is 0 Å². The lowest BCUT2D eigenvalue weighted by Gasteiger charge is -2.25. The Kier molecular flexibility index (Phi) is 3.78. The van der Waals surface area contributed by atoms with Gasteiger partial charge in [0.25, 0.3) is 0 Å². The van der Waals surface area contributed by atoms with Crippen molar-refractivity contribution in [1.82, 2.24) is 13.7 Å². The van der Waals surface area contributed by atoms with E-state index in [1.54, 1.807) is 41.1 Å². The van der Waals surface area contributed by atoms with E-state index in [0.29, 0.717) is 24.7 Å². The molecule has 3 aromatic rings. The number of hydrogen-bond acceptors (Lipinski definition) is 5. The van der Waals surface area contributed by atoms with Gasteiger partial charge in [-0.3, -0.25) is 4.40 Å². The van der Waals surface area contributed by atoms with Crippen molar-refractivity contribution in [3.05, 3.63) is 42.9 Å². The second kappa shape index (κ2) is 5.95. The first-order valence-corrected chi connectivity index (χ1v) is 9.20. The number of hydrogen-bond donors (Lipinski definition) is 0. The van der Waals surface area contributed by atoms with E-state index >= 15 is 0 Å². The van der Waals surface area contributed by atoms with E-state index in [9.17, 15) is 8.42 Å². The minimum absolute atomic E-state index is 0.298. The maximum atomic E-state index is 12.3. The quantitative estimate of drug-likeness (QED) is 0.725. The van der Waals surface area contributed by atoms with Crippen molar-refractivity contribution in [2.75, 3.05) is 13.1 Å². The highest BCUT2D eigenvalue weighted by atomic mass is 32.2. The van der Waals surface area contributed by atoms with Crippen LogP contribution in [0.4, 0.5) is 0 Å². The zero-order valence-electron chi connectivity index (χ0n) is 13.0. The predicted octanol–water partition coefficient (Wildman–Crippen LogP) is 2.70. The Hall–Kier alpha value is -2.32. The number of piperidine rings is 1. The maximum absolute atomic E-state index is 12.3. The number of nitrogens with zero attached hydrogens (tertiary/aromatic N) is 3. The third-order valence-corrected chi connectivity index (χ3v) is 5.48. The highest BCUT2D eigenvalue weighted by molar-refractivity contribution is 7.84. The molecule has 0 bridgehead atoms. The van der Waals surface area contributed by atoms with Gasteiger partial charge in [-0.1, -0.05) is 6.42 Å². The number of aromatic nitrogens is 2. The molecule has 0 amide bonds. The molecule has 0 spiro atoms. The van der Waals surface area contributed by atoms with Crippen molar-refractivity contribution in [1.29, 1.82) is 0 Å². The van der Waals surface area contributed by atoms with Gasteiger partial charge in [-0.15, -0.1) is 0 Å². The monoisotopic (exact) mass is 347 g/mol. The van der Waals surface area contributed by atoms with E-state index in [2.05, 4.69) is 4.98 Å². The summed E-state index contributed by atoms with van der Waals surface area (Å²) in [6.45, 7) is 1.04. The molecule has 0 saturated carbocycles. The number of fused-ring (bicyclic) bond motifs is 1. The van der Waals surface area contributed by atoms with Crippen molar-refractivity contribution < 1.29 is 17.0 Å². The summed E-state index contributed by atoms with van der Waals surface area (Å²) in [5.74, 6) is 0.810. The molecular weight excluding hydrogens is 330 g/mol. The highest BCUT2D eigenvalue weighted by Crippen LogP contribution is 2.24. The van der Waals surface area contributed by atoms with Gasteiger partial charge >= 0.3 is 16.1 Å². The van der Waals surface area contributed by atoms with E-state index in [1.807, 2.05) is 6.20 Å². The van der Waals surface area contributed by atoms with Crippen molar-refractivity contribution in [3.8, 4) is 17.0 Å². The van der Waals surface area contributed by atoms with Crippen LogP contribution in [0.3, 0.4) is 0 Å². The number of rotatable bonds is 4. The van der Waals surface area contributed by atoms with E-state index in [4.69, 9.17) is 8.60 Å². The molecule has 8 heteroatoms. The summed E-state index contributed by atoms with van der Waals surface area (Å²) in [5, 5.41) is 0. The summed E-state index contributed by atoms with van der Waals surface area (Å²) < 4.78 is 38.2. The molecule has 2 aromatic heterocycles. The first-order chi connectivity index (χ1) is 11.6. The Morgan fingerprint density at radius 1 is 1.08 bits per heavy atom. The molecule has 7 nitrogen and oxygen atoms in total. The van der Waals surface area contributed by atoms with Gasteiger partial charge in [0.05, 0.1) is 5.69 Å². The second-order valence-corrected chi connectivity index (χ2v) is 7.28. The van der Waals surface area contributed by atoms with Crippen LogP contribution >= 0.6 is 0 Å². The molecule has 0 atom stereocenters. The van der Waals surface area contributed by atoms with E-state index in [-0.39, 0.29) is 0 Å². The normalized spacial score (nSPS) is 16.5. The fourth-order valence-corrected chi connectivity index (χ4v) is 3.98. The third kappa shape index (κ3) is 2.90. The summed E-state index contributed by atoms with van der Waals surface area (Å²) in [4.78, 5) is 4.35. The topological polar surface area (TPSA) is 77.0 Å². The van der Waals surface area contributed by atoms with Crippen LogP contribution in [0.15, 0.2) is 47.3 Å². The van der Waals surface area contributed by atoms with Crippen LogP contribution in [-0.4, -0.2) is 35.2 Å². The Bertz CT molecular complexity index is 909. The predicted molar refractivity (Wildman–Crippen MR) is 87.9 cm³/mol. The molecule has 1 aliphatic heterocycles. The summed E-state index contributed by atoms with van der Waals surface area (Å²) in [6.07, 6.45) is 8.00. The Balaban J connectivity index is 1.52. The molecule has 0 unspecified atom stereocenters. The molecule has 0 aliphatic carbocycles. The average molecular weight is 347 g/mol. The SMILES string of the molecule is O=S(=O)(Oc1ccc(-c2cn3ccoc3n2)cc1)N1CCCCC1. The summed E-state index contributed by atoms with van der Waals surface area (Å²) in [6, 6.07) is 6.83. The standard InChI is InChI=1S/C16H17N3O4S/c20-24(21,19-8-2-1-3-9-19)23-14-6-4-13(5-7-14)15-12-18-10-11-22-16(18)17-15/h4-7,10-12H,1-3,8-9H2. The van der Waals surface area contributed by atoms with Gasteiger partial charge in [-0.2, -0.15) is 17.7 Å². The molecular formula is C16H17N3O4S. The van der Waals surface area contributed by atoms with Gasteiger partial charge in [0.1, 0.15) is 12.0 Å². The lowest BCUT2D eigenvalue weighted by molar-refractivity contribution is 0.312. The minimum Gasteiger partial charge on any atom is -0.432 e. The highest BCUT2D eigenvalue weighted by Gasteiger charge is 2.25. The third-order valence-electron chi connectivity index (χ3n) is 4.08. The van der Waals surface area contributed by atoms with Crippen LogP contribution in [0.5, 0.6) is 5.75 Å². The second-order valence-electron chi connectivity index (χ2n) is 5.74. The fourth-order valence-electron chi connectivity index (χ4n) is 2.81. The van der Waals surface area contributed by atoms with Crippen molar-refractivity contribution >= 4 is 16.1 Å². The van der Waals surface area contributed by atoms with Gasteiger partial charge in [0.15, 0.2) is 0 Å². The fraction of sp³-hybridized carbons (Fsp3) is 0.312. The zero-order valence-corrected chi connectivity index (χ0v) is 13.8. The number of oxazole rings is 1.